The van der Waals surface area contributed by atoms with E-state index in [4.69, 9.17) is 11.6 Å². The van der Waals surface area contributed by atoms with E-state index in [9.17, 15) is 5.21 Å². The van der Waals surface area contributed by atoms with E-state index in [-0.39, 0.29) is 5.92 Å². The van der Waals surface area contributed by atoms with E-state index >= 15 is 0 Å². The van der Waals surface area contributed by atoms with Gasteiger partial charge in [0, 0.05) is 40.1 Å². The van der Waals surface area contributed by atoms with Gasteiger partial charge in [0.15, 0.2) is 0 Å². The van der Waals surface area contributed by atoms with E-state index in [1.165, 1.54) is 5.56 Å². The molecule has 1 aromatic heterocycles. The molecule has 0 fully saturated rings. The van der Waals surface area contributed by atoms with Crippen LogP contribution in [0.1, 0.15) is 34.7 Å². The molecule has 0 spiro atoms. The molecule has 1 atom stereocenters. The summed E-state index contributed by atoms with van der Waals surface area (Å²) in [5.41, 5.74) is 5.02. The van der Waals surface area contributed by atoms with Gasteiger partial charge in [0.05, 0.1) is 5.71 Å². The lowest BCUT2D eigenvalue weighted by molar-refractivity contribution is 0.316. The number of hydrogen-bond acceptors (Lipinski definition) is 3. The Kier molecular flexibility index (Phi) is 6.64. The first-order chi connectivity index (χ1) is 13.1. The number of aromatic nitrogens is 1. The van der Waals surface area contributed by atoms with Gasteiger partial charge in [-0.3, -0.25) is 4.98 Å². The molecule has 0 amide bonds. The summed E-state index contributed by atoms with van der Waals surface area (Å²) in [5.74, 6) is 0.0602. The van der Waals surface area contributed by atoms with Crippen molar-refractivity contribution in [3.8, 4) is 0 Å². The molecule has 0 unspecified atom stereocenters. The van der Waals surface area contributed by atoms with Crippen LogP contribution in [0.4, 0.5) is 0 Å². The first kappa shape index (κ1) is 19.6. The molecule has 27 heavy (non-hydrogen) atoms. The fourth-order valence-electron chi connectivity index (χ4n) is 3.23. The van der Waals surface area contributed by atoms with Crippen LogP contribution in [0.15, 0.2) is 76.5 Å². The van der Waals surface area contributed by atoms with Crippen LogP contribution in [0.5, 0.6) is 0 Å². The van der Waals surface area contributed by atoms with Gasteiger partial charge >= 0.3 is 0 Å². The van der Waals surface area contributed by atoms with Crippen molar-refractivity contribution in [3.05, 3.63) is 98.7 Å². The van der Waals surface area contributed by atoms with Crippen LogP contribution in [0.2, 0.25) is 5.02 Å². The first-order valence-corrected chi connectivity index (χ1v) is 9.85. The minimum atomic E-state index is 0.0602. The zero-order chi connectivity index (χ0) is 19.2. The van der Waals surface area contributed by atoms with Gasteiger partial charge in [-0.25, -0.2) is 0 Å². The average molecular weight is 444 g/mol. The molecule has 1 heterocycles. The van der Waals surface area contributed by atoms with Gasteiger partial charge in [0.25, 0.3) is 0 Å². The van der Waals surface area contributed by atoms with E-state index in [2.05, 4.69) is 51.2 Å². The molecule has 1 N–H and O–H groups in total. The third-order valence-electron chi connectivity index (χ3n) is 4.57. The number of aryl methyl sites for hydroxylation is 1. The van der Waals surface area contributed by atoms with Crippen LogP contribution in [0.25, 0.3) is 0 Å². The van der Waals surface area contributed by atoms with Crippen LogP contribution in [0, 0.1) is 6.92 Å². The van der Waals surface area contributed by atoms with Crippen molar-refractivity contribution in [1.29, 1.82) is 0 Å². The number of hydrogen-bond donors (Lipinski definition) is 1. The first-order valence-electron chi connectivity index (χ1n) is 8.68. The SMILES string of the molecule is Cc1cc(Cl)ccc1[C@H](C/C(Cc1ccccn1)=N\O)c1ccc(Br)cc1. The second kappa shape index (κ2) is 9.16. The van der Waals surface area contributed by atoms with Crippen molar-refractivity contribution in [3.63, 3.8) is 0 Å². The standard InChI is InChI=1S/C22H20BrClN2O/c1-15-12-18(24)9-10-21(15)22(16-5-7-17(23)8-6-16)14-20(26-27)13-19-4-2-3-11-25-19/h2-12,22,27H,13-14H2,1H3/b26-20-/t22-/m1/s1. The fraction of sp³-hybridized carbons (Fsp3) is 0.182. The van der Waals surface area contributed by atoms with Gasteiger partial charge in [-0.15, -0.1) is 0 Å². The molecule has 0 aliphatic rings. The molecule has 0 aliphatic heterocycles. The Labute approximate surface area is 172 Å². The molecule has 3 aromatic rings. The minimum Gasteiger partial charge on any atom is -0.411 e. The Bertz CT molecular complexity index is 927. The minimum absolute atomic E-state index is 0.0602. The molecule has 0 saturated heterocycles. The molecule has 0 bridgehead atoms. The van der Waals surface area contributed by atoms with Crippen LogP contribution in [0.3, 0.4) is 0 Å². The summed E-state index contributed by atoms with van der Waals surface area (Å²) >= 11 is 9.64. The van der Waals surface area contributed by atoms with Gasteiger partial charge in [0.2, 0.25) is 0 Å². The fourth-order valence-corrected chi connectivity index (χ4v) is 3.72. The third kappa shape index (κ3) is 5.18. The summed E-state index contributed by atoms with van der Waals surface area (Å²) in [5, 5.41) is 13.9. The molecule has 0 radical (unpaired) electrons. The highest BCUT2D eigenvalue weighted by Gasteiger charge is 2.20. The maximum atomic E-state index is 9.62. The monoisotopic (exact) mass is 442 g/mol. The predicted octanol–water partition coefficient (Wildman–Crippen LogP) is 6.40. The molecule has 3 nitrogen and oxygen atoms in total. The maximum Gasteiger partial charge on any atom is 0.0639 e. The summed E-state index contributed by atoms with van der Waals surface area (Å²) < 4.78 is 1.03. The summed E-state index contributed by atoms with van der Waals surface area (Å²) in [6, 6.07) is 19.9. The Morgan fingerprint density at radius 2 is 1.93 bits per heavy atom. The summed E-state index contributed by atoms with van der Waals surface area (Å²) in [6.45, 7) is 2.06. The normalized spacial score (nSPS) is 12.8. The van der Waals surface area contributed by atoms with Gasteiger partial charge in [-0.2, -0.15) is 0 Å². The number of nitrogens with zero attached hydrogens (tertiary/aromatic N) is 2. The van der Waals surface area contributed by atoms with E-state index in [0.717, 1.165) is 26.3 Å². The van der Waals surface area contributed by atoms with E-state index in [0.29, 0.717) is 18.6 Å². The number of rotatable bonds is 6. The van der Waals surface area contributed by atoms with Crippen molar-refractivity contribution in [2.75, 3.05) is 0 Å². The Morgan fingerprint density at radius 1 is 1.15 bits per heavy atom. The molecule has 2 aromatic carbocycles. The van der Waals surface area contributed by atoms with Gasteiger partial charge in [0.1, 0.15) is 0 Å². The average Bonchev–Trinajstić information content (AvgIpc) is 2.67. The number of pyridine rings is 1. The number of benzene rings is 2. The number of oxime groups is 1. The van der Waals surface area contributed by atoms with Crippen LogP contribution in [-0.2, 0) is 6.42 Å². The molecular weight excluding hydrogens is 424 g/mol. The lowest BCUT2D eigenvalue weighted by atomic mass is 9.84. The highest BCUT2D eigenvalue weighted by Crippen LogP contribution is 2.33. The number of halogens is 2. The van der Waals surface area contributed by atoms with E-state index < -0.39 is 0 Å². The molecule has 0 saturated carbocycles. The zero-order valence-electron chi connectivity index (χ0n) is 14.9. The Balaban J connectivity index is 1.95. The second-order valence-corrected chi connectivity index (χ2v) is 7.83. The molecular formula is C22H20BrClN2O. The molecule has 0 aliphatic carbocycles. The van der Waals surface area contributed by atoms with Crippen LogP contribution in [-0.4, -0.2) is 15.9 Å². The Hall–Kier alpha value is -2.17. The van der Waals surface area contributed by atoms with Crippen molar-refractivity contribution in [1.82, 2.24) is 4.98 Å². The summed E-state index contributed by atoms with van der Waals surface area (Å²) in [7, 11) is 0. The predicted molar refractivity (Wildman–Crippen MR) is 114 cm³/mol. The van der Waals surface area contributed by atoms with E-state index in [1.807, 2.05) is 42.5 Å². The zero-order valence-corrected chi connectivity index (χ0v) is 17.3. The quantitative estimate of drug-likeness (QED) is 0.272. The van der Waals surface area contributed by atoms with Gasteiger partial charge in [-0.05, 0) is 60.0 Å². The third-order valence-corrected chi connectivity index (χ3v) is 5.34. The van der Waals surface area contributed by atoms with Crippen molar-refractivity contribution < 1.29 is 5.21 Å². The Morgan fingerprint density at radius 3 is 2.56 bits per heavy atom. The van der Waals surface area contributed by atoms with E-state index in [1.54, 1.807) is 6.20 Å². The molecule has 3 rings (SSSR count). The van der Waals surface area contributed by atoms with Crippen LogP contribution >= 0.6 is 27.5 Å². The van der Waals surface area contributed by atoms with Crippen molar-refractivity contribution in [2.24, 2.45) is 5.16 Å². The summed E-state index contributed by atoms with van der Waals surface area (Å²) in [4.78, 5) is 4.34. The van der Waals surface area contributed by atoms with Gasteiger partial charge in [-0.1, -0.05) is 57.0 Å². The second-order valence-electron chi connectivity index (χ2n) is 6.47. The van der Waals surface area contributed by atoms with Gasteiger partial charge < -0.3 is 5.21 Å². The lowest BCUT2D eigenvalue weighted by Crippen LogP contribution is -2.13. The van der Waals surface area contributed by atoms with Crippen molar-refractivity contribution in [2.45, 2.75) is 25.7 Å². The molecule has 5 heteroatoms. The molecule has 138 valence electrons. The highest BCUT2D eigenvalue weighted by atomic mass is 79.9. The highest BCUT2D eigenvalue weighted by molar-refractivity contribution is 9.10. The lowest BCUT2D eigenvalue weighted by Gasteiger charge is -2.21. The van der Waals surface area contributed by atoms with Crippen molar-refractivity contribution >= 4 is 33.2 Å². The maximum absolute atomic E-state index is 9.62. The summed E-state index contributed by atoms with van der Waals surface area (Å²) in [6.07, 6.45) is 2.86. The largest absolute Gasteiger partial charge is 0.411 e. The topological polar surface area (TPSA) is 45.5 Å². The van der Waals surface area contributed by atoms with Crippen LogP contribution < -0.4 is 0 Å². The smallest absolute Gasteiger partial charge is 0.0639 e.